The number of aryl methyl sites for hydroxylation is 1. The summed E-state index contributed by atoms with van der Waals surface area (Å²) in [4.78, 5) is 38.4. The summed E-state index contributed by atoms with van der Waals surface area (Å²) in [5.74, 6) is -1.48. The van der Waals surface area contributed by atoms with E-state index in [4.69, 9.17) is 10.6 Å². The van der Waals surface area contributed by atoms with Crippen molar-refractivity contribution in [2.45, 2.75) is 6.92 Å². The average molecular weight is 469 g/mol. The molecule has 2 aromatic carbocycles. The molecule has 4 rings (SSSR count). The van der Waals surface area contributed by atoms with E-state index in [-0.39, 0.29) is 17.0 Å². The molecule has 2 aromatic heterocycles. The second-order valence-corrected chi connectivity index (χ2v) is 7.39. The standard InChI is InChI=1S/C21H14BrFN4O3/c1-11-16(9-25-20(26-11)12-3-2-4-14(23)7-12)21(29)30-27-10-17(19(24)28)15-8-13(22)5-6-18(15)27/h2-10H,1H3,(H2,24,28). The van der Waals surface area contributed by atoms with Gasteiger partial charge in [0.15, 0.2) is 5.82 Å². The molecule has 30 heavy (non-hydrogen) atoms. The Morgan fingerprint density at radius 3 is 2.67 bits per heavy atom. The van der Waals surface area contributed by atoms with E-state index in [1.807, 2.05) is 0 Å². The predicted molar refractivity (Wildman–Crippen MR) is 111 cm³/mol. The summed E-state index contributed by atoms with van der Waals surface area (Å²) in [5.41, 5.74) is 7.14. The van der Waals surface area contributed by atoms with Crippen LogP contribution in [0.1, 0.15) is 26.4 Å². The van der Waals surface area contributed by atoms with Crippen LogP contribution in [0, 0.1) is 12.7 Å². The second-order valence-electron chi connectivity index (χ2n) is 6.48. The molecule has 0 aliphatic carbocycles. The monoisotopic (exact) mass is 468 g/mol. The first-order chi connectivity index (χ1) is 14.3. The highest BCUT2D eigenvalue weighted by Gasteiger charge is 2.19. The van der Waals surface area contributed by atoms with Gasteiger partial charge in [0.25, 0.3) is 5.91 Å². The summed E-state index contributed by atoms with van der Waals surface area (Å²) < 4.78 is 15.4. The number of fused-ring (bicyclic) bond motifs is 1. The number of benzene rings is 2. The Morgan fingerprint density at radius 1 is 1.17 bits per heavy atom. The van der Waals surface area contributed by atoms with Crippen molar-refractivity contribution in [1.29, 1.82) is 0 Å². The third-order valence-electron chi connectivity index (χ3n) is 4.46. The molecule has 0 aliphatic heterocycles. The third kappa shape index (κ3) is 3.67. The molecule has 0 unspecified atom stereocenters. The SMILES string of the molecule is Cc1nc(-c2cccc(F)c2)ncc1C(=O)On1cc(C(N)=O)c2cc(Br)ccc21. The van der Waals surface area contributed by atoms with Crippen LogP contribution < -0.4 is 10.6 Å². The number of nitrogens with two attached hydrogens (primary N) is 1. The zero-order valence-electron chi connectivity index (χ0n) is 15.6. The van der Waals surface area contributed by atoms with E-state index in [1.165, 1.54) is 29.3 Å². The molecule has 0 bridgehead atoms. The first kappa shape index (κ1) is 19.7. The second kappa shape index (κ2) is 7.68. The van der Waals surface area contributed by atoms with Crippen molar-refractivity contribution in [3.8, 4) is 11.4 Å². The minimum absolute atomic E-state index is 0.134. The number of nitrogens with zero attached hydrogens (tertiary/aromatic N) is 3. The van der Waals surface area contributed by atoms with Gasteiger partial charge in [-0.05, 0) is 37.3 Å². The number of amides is 1. The van der Waals surface area contributed by atoms with Crippen molar-refractivity contribution in [3.05, 3.63) is 82.0 Å². The maximum atomic E-state index is 13.4. The zero-order chi connectivity index (χ0) is 21.4. The van der Waals surface area contributed by atoms with Crippen molar-refractivity contribution in [2.24, 2.45) is 5.73 Å². The van der Waals surface area contributed by atoms with Gasteiger partial charge in [-0.2, -0.15) is 4.73 Å². The summed E-state index contributed by atoms with van der Waals surface area (Å²) in [6.45, 7) is 1.63. The maximum absolute atomic E-state index is 13.4. The Bertz CT molecular complexity index is 1320. The van der Waals surface area contributed by atoms with Crippen molar-refractivity contribution in [1.82, 2.24) is 14.7 Å². The Morgan fingerprint density at radius 2 is 1.97 bits per heavy atom. The lowest BCUT2D eigenvalue weighted by atomic mass is 10.2. The molecule has 9 heteroatoms. The Hall–Kier alpha value is -3.59. The van der Waals surface area contributed by atoms with E-state index in [1.54, 1.807) is 37.3 Å². The summed E-state index contributed by atoms with van der Waals surface area (Å²) in [7, 11) is 0. The Kier molecular flexibility index (Phi) is 5.04. The first-order valence-corrected chi connectivity index (χ1v) is 9.55. The van der Waals surface area contributed by atoms with Gasteiger partial charge < -0.3 is 10.6 Å². The lowest BCUT2D eigenvalue weighted by molar-refractivity contribution is 0.0479. The van der Waals surface area contributed by atoms with Gasteiger partial charge in [0.2, 0.25) is 0 Å². The molecule has 0 saturated carbocycles. The fourth-order valence-electron chi connectivity index (χ4n) is 3.02. The largest absolute Gasteiger partial charge is 0.366 e. The van der Waals surface area contributed by atoms with Crippen LogP contribution >= 0.6 is 15.9 Å². The lowest BCUT2D eigenvalue weighted by Gasteiger charge is -2.09. The molecule has 2 N–H and O–H groups in total. The van der Waals surface area contributed by atoms with Gasteiger partial charge in [0, 0.05) is 21.6 Å². The minimum Gasteiger partial charge on any atom is -0.366 e. The third-order valence-corrected chi connectivity index (χ3v) is 4.95. The fourth-order valence-corrected chi connectivity index (χ4v) is 3.38. The highest BCUT2D eigenvalue weighted by molar-refractivity contribution is 9.10. The zero-order valence-corrected chi connectivity index (χ0v) is 17.2. The number of carbonyl (C=O) groups is 2. The summed E-state index contributed by atoms with van der Waals surface area (Å²) in [5, 5.41) is 0.541. The summed E-state index contributed by atoms with van der Waals surface area (Å²) >= 11 is 3.34. The predicted octanol–water partition coefficient (Wildman–Crippen LogP) is 3.68. The number of aromatic nitrogens is 3. The highest BCUT2D eigenvalue weighted by Crippen LogP contribution is 2.25. The van der Waals surface area contributed by atoms with Crippen LogP contribution in [0.15, 0.2) is 59.3 Å². The van der Waals surface area contributed by atoms with Gasteiger partial charge in [-0.15, -0.1) is 0 Å². The number of rotatable bonds is 4. The number of halogens is 2. The van der Waals surface area contributed by atoms with E-state index in [9.17, 15) is 14.0 Å². The van der Waals surface area contributed by atoms with E-state index >= 15 is 0 Å². The van der Waals surface area contributed by atoms with E-state index in [0.717, 1.165) is 4.47 Å². The molecule has 0 atom stereocenters. The molecule has 1 amide bonds. The molecule has 0 fully saturated rings. The van der Waals surface area contributed by atoms with Crippen molar-refractivity contribution in [3.63, 3.8) is 0 Å². The van der Waals surface area contributed by atoms with Gasteiger partial charge in [-0.1, -0.05) is 28.1 Å². The lowest BCUT2D eigenvalue weighted by Crippen LogP contribution is -2.21. The Labute approximate surface area is 178 Å². The number of hydrogen-bond acceptors (Lipinski definition) is 5. The van der Waals surface area contributed by atoms with E-state index in [2.05, 4.69) is 25.9 Å². The van der Waals surface area contributed by atoms with Gasteiger partial charge in [-0.3, -0.25) is 4.79 Å². The molecule has 0 aliphatic rings. The van der Waals surface area contributed by atoms with Gasteiger partial charge in [-0.25, -0.2) is 19.2 Å². The average Bonchev–Trinajstić information content (AvgIpc) is 3.05. The highest BCUT2D eigenvalue weighted by atomic mass is 79.9. The topological polar surface area (TPSA) is 100 Å². The fraction of sp³-hybridized carbons (Fsp3) is 0.0476. The molecular formula is C21H14BrFN4O3. The van der Waals surface area contributed by atoms with Crippen LogP contribution in [0.5, 0.6) is 0 Å². The first-order valence-electron chi connectivity index (χ1n) is 8.76. The summed E-state index contributed by atoms with van der Waals surface area (Å²) in [6.07, 6.45) is 2.68. The van der Waals surface area contributed by atoms with E-state index in [0.29, 0.717) is 22.2 Å². The molecule has 0 spiro atoms. The van der Waals surface area contributed by atoms with Crippen molar-refractivity contribution < 1.29 is 18.8 Å². The van der Waals surface area contributed by atoms with Crippen LogP contribution in [0.4, 0.5) is 4.39 Å². The van der Waals surface area contributed by atoms with Crippen molar-refractivity contribution in [2.75, 3.05) is 0 Å². The maximum Gasteiger partial charge on any atom is 0.366 e. The molecule has 150 valence electrons. The van der Waals surface area contributed by atoms with Crippen LogP contribution in [0.2, 0.25) is 0 Å². The van der Waals surface area contributed by atoms with Gasteiger partial charge in [0.05, 0.1) is 23.0 Å². The number of carbonyl (C=O) groups excluding carboxylic acids is 2. The molecule has 0 radical (unpaired) electrons. The van der Waals surface area contributed by atoms with Crippen molar-refractivity contribution >= 4 is 38.7 Å². The van der Waals surface area contributed by atoms with Crippen LogP contribution in [0.3, 0.4) is 0 Å². The smallest absolute Gasteiger partial charge is 0.366 e. The van der Waals surface area contributed by atoms with Gasteiger partial charge in [0.1, 0.15) is 11.4 Å². The van der Waals surface area contributed by atoms with E-state index < -0.39 is 17.7 Å². The Balaban J connectivity index is 1.67. The molecule has 0 saturated heterocycles. The van der Waals surface area contributed by atoms with Crippen LogP contribution in [-0.2, 0) is 0 Å². The number of primary amides is 1. The minimum atomic E-state index is -0.714. The van der Waals surface area contributed by atoms with Gasteiger partial charge >= 0.3 is 5.97 Å². The summed E-state index contributed by atoms with van der Waals surface area (Å²) in [6, 6.07) is 11.0. The van der Waals surface area contributed by atoms with Crippen LogP contribution in [0.25, 0.3) is 22.3 Å². The molecule has 4 aromatic rings. The molecule has 2 heterocycles. The molecular weight excluding hydrogens is 455 g/mol. The van der Waals surface area contributed by atoms with Crippen LogP contribution in [-0.4, -0.2) is 26.6 Å². The normalized spacial score (nSPS) is 10.9. The molecule has 7 nitrogen and oxygen atoms in total. The quantitative estimate of drug-likeness (QED) is 0.492. The number of hydrogen-bond donors (Lipinski definition) is 1.